The molecule has 130 valence electrons. The molecule has 0 bridgehead atoms. The van der Waals surface area contributed by atoms with Gasteiger partial charge in [-0.15, -0.1) is 0 Å². The Hall–Kier alpha value is -1.89. The van der Waals surface area contributed by atoms with Crippen LogP contribution in [-0.2, 0) is 20.9 Å². The van der Waals surface area contributed by atoms with E-state index in [1.54, 1.807) is 32.9 Å². The molecule has 6 nitrogen and oxygen atoms in total. The van der Waals surface area contributed by atoms with Crippen LogP contribution in [0.25, 0.3) is 0 Å². The number of fused-ring (bicyclic) bond motifs is 1. The average Bonchev–Trinajstić information content (AvgIpc) is 2.76. The Morgan fingerprint density at radius 3 is 2.58 bits per heavy atom. The summed E-state index contributed by atoms with van der Waals surface area (Å²) in [6.45, 7) is 5.56. The van der Waals surface area contributed by atoms with E-state index in [1.807, 2.05) is 6.07 Å². The molecule has 1 aromatic rings. The Morgan fingerprint density at radius 1 is 1.38 bits per heavy atom. The lowest BCUT2D eigenvalue weighted by Gasteiger charge is -2.29. The van der Waals surface area contributed by atoms with E-state index in [4.69, 9.17) is 10.5 Å². The Kier molecular flexibility index (Phi) is 5.32. The number of carbonyl (C=O) groups is 3. The van der Waals surface area contributed by atoms with Gasteiger partial charge < -0.3 is 15.4 Å². The fraction of sp³-hybridized carbons (Fsp3) is 0.471. The second-order valence-corrected chi connectivity index (χ2v) is 7.61. The van der Waals surface area contributed by atoms with E-state index in [2.05, 4.69) is 15.9 Å². The van der Waals surface area contributed by atoms with Crippen LogP contribution < -0.4 is 5.73 Å². The first-order valence-corrected chi connectivity index (χ1v) is 8.49. The van der Waals surface area contributed by atoms with Crippen LogP contribution in [0.1, 0.15) is 49.5 Å². The molecule has 0 saturated carbocycles. The van der Waals surface area contributed by atoms with E-state index in [-0.39, 0.29) is 25.3 Å². The quantitative estimate of drug-likeness (QED) is 0.773. The Balaban J connectivity index is 2.28. The number of nitrogens with zero attached hydrogens (tertiary/aromatic N) is 1. The minimum absolute atomic E-state index is 0.00516. The van der Waals surface area contributed by atoms with Gasteiger partial charge in [-0.2, -0.15) is 0 Å². The smallest absolute Gasteiger partial charge is 0.329 e. The molecular formula is C17H21BrN2O4. The molecule has 1 unspecified atom stereocenters. The van der Waals surface area contributed by atoms with E-state index in [1.165, 1.54) is 4.90 Å². The number of benzene rings is 1. The molecule has 1 aromatic carbocycles. The Labute approximate surface area is 149 Å². The van der Waals surface area contributed by atoms with Crippen molar-refractivity contribution in [3.8, 4) is 0 Å². The van der Waals surface area contributed by atoms with Gasteiger partial charge in [0.25, 0.3) is 5.91 Å². The number of amides is 2. The number of esters is 1. The minimum Gasteiger partial charge on any atom is -0.458 e. The molecule has 0 spiro atoms. The molecule has 1 aliphatic rings. The number of nitrogens with two attached hydrogens (primary N) is 1. The van der Waals surface area contributed by atoms with Crippen LogP contribution in [0, 0.1) is 0 Å². The molecule has 0 saturated heterocycles. The maximum atomic E-state index is 12.7. The first-order valence-electron chi connectivity index (χ1n) is 7.69. The normalized spacial score (nSPS) is 15.2. The van der Waals surface area contributed by atoms with E-state index in [0.29, 0.717) is 5.56 Å². The van der Waals surface area contributed by atoms with Crippen molar-refractivity contribution < 1.29 is 19.1 Å². The zero-order chi connectivity index (χ0) is 18.1. The molecule has 2 rings (SSSR count). The van der Waals surface area contributed by atoms with Gasteiger partial charge in [-0.05, 0) is 44.9 Å². The van der Waals surface area contributed by atoms with Crippen molar-refractivity contribution in [1.82, 2.24) is 4.90 Å². The molecule has 0 radical (unpaired) electrons. The lowest BCUT2D eigenvalue weighted by atomic mass is 10.1. The van der Waals surface area contributed by atoms with Crippen LogP contribution in [0.3, 0.4) is 0 Å². The lowest BCUT2D eigenvalue weighted by Crippen LogP contribution is -2.45. The van der Waals surface area contributed by atoms with E-state index >= 15 is 0 Å². The van der Waals surface area contributed by atoms with Crippen molar-refractivity contribution >= 4 is 33.7 Å². The van der Waals surface area contributed by atoms with Gasteiger partial charge in [0.2, 0.25) is 5.91 Å². The highest BCUT2D eigenvalue weighted by Gasteiger charge is 2.39. The molecule has 1 aliphatic heterocycles. The fourth-order valence-electron chi connectivity index (χ4n) is 2.62. The maximum Gasteiger partial charge on any atom is 0.329 e. The molecule has 0 aliphatic carbocycles. The molecule has 0 aromatic heterocycles. The first-order chi connectivity index (χ1) is 11.1. The highest BCUT2D eigenvalue weighted by Crippen LogP contribution is 2.32. The molecule has 2 amide bonds. The van der Waals surface area contributed by atoms with Crippen LogP contribution in [-0.4, -0.2) is 34.3 Å². The summed E-state index contributed by atoms with van der Waals surface area (Å²) in [5, 5.41) is 0. The number of halogens is 1. The largest absolute Gasteiger partial charge is 0.458 e. The number of carbonyl (C=O) groups excluding carboxylic acids is 3. The number of primary amides is 1. The minimum atomic E-state index is -0.844. The Bertz CT molecular complexity index is 682. The van der Waals surface area contributed by atoms with Gasteiger partial charge in [-0.3, -0.25) is 9.59 Å². The van der Waals surface area contributed by atoms with Gasteiger partial charge in [0.05, 0.1) is 0 Å². The fourth-order valence-corrected chi connectivity index (χ4v) is 3.11. The average molecular weight is 397 g/mol. The van der Waals surface area contributed by atoms with Crippen molar-refractivity contribution in [3.05, 3.63) is 33.8 Å². The summed E-state index contributed by atoms with van der Waals surface area (Å²) in [6, 6.07) is 4.50. The third-order valence-corrected chi connectivity index (χ3v) is 4.40. The summed E-state index contributed by atoms with van der Waals surface area (Å²) in [5.74, 6) is -1.29. The van der Waals surface area contributed by atoms with Gasteiger partial charge in [0, 0.05) is 23.0 Å². The Morgan fingerprint density at radius 2 is 2.04 bits per heavy atom. The zero-order valence-electron chi connectivity index (χ0n) is 14.0. The van der Waals surface area contributed by atoms with Crippen LogP contribution in [0.5, 0.6) is 0 Å². The number of hydrogen-bond acceptors (Lipinski definition) is 4. The SMILES string of the molecule is CC(C)(C)OC(=O)C(CCC(N)=O)N1Cc2c(Br)cccc2C1=O. The second-order valence-electron chi connectivity index (χ2n) is 6.75. The van der Waals surface area contributed by atoms with Crippen LogP contribution >= 0.6 is 15.9 Å². The van der Waals surface area contributed by atoms with E-state index in [0.717, 1.165) is 10.0 Å². The molecule has 24 heavy (non-hydrogen) atoms. The summed E-state index contributed by atoms with van der Waals surface area (Å²) >= 11 is 3.43. The van der Waals surface area contributed by atoms with Crippen LogP contribution in [0.2, 0.25) is 0 Å². The van der Waals surface area contributed by atoms with Crippen molar-refractivity contribution in [1.29, 1.82) is 0 Å². The van der Waals surface area contributed by atoms with E-state index < -0.39 is 23.5 Å². The van der Waals surface area contributed by atoms with Crippen LogP contribution in [0.4, 0.5) is 0 Å². The van der Waals surface area contributed by atoms with Crippen molar-refractivity contribution in [2.45, 2.75) is 51.8 Å². The highest BCUT2D eigenvalue weighted by molar-refractivity contribution is 9.10. The van der Waals surface area contributed by atoms with Gasteiger partial charge in [0.1, 0.15) is 11.6 Å². The van der Waals surface area contributed by atoms with Gasteiger partial charge in [0.15, 0.2) is 0 Å². The predicted molar refractivity (Wildman–Crippen MR) is 92.1 cm³/mol. The topological polar surface area (TPSA) is 89.7 Å². The molecule has 7 heteroatoms. The predicted octanol–water partition coefficient (Wildman–Crippen LogP) is 2.38. The summed E-state index contributed by atoms with van der Waals surface area (Å²) in [4.78, 5) is 37.8. The monoisotopic (exact) mass is 396 g/mol. The first kappa shape index (κ1) is 18.4. The van der Waals surface area contributed by atoms with Gasteiger partial charge in [-0.25, -0.2) is 4.79 Å². The molecule has 1 heterocycles. The summed E-state index contributed by atoms with van der Waals surface area (Å²) in [5.41, 5.74) is 5.91. The lowest BCUT2D eigenvalue weighted by molar-refractivity contribution is -0.160. The highest BCUT2D eigenvalue weighted by atomic mass is 79.9. The number of hydrogen-bond donors (Lipinski definition) is 1. The third kappa shape index (κ3) is 4.14. The van der Waals surface area contributed by atoms with E-state index in [9.17, 15) is 14.4 Å². The van der Waals surface area contributed by atoms with Crippen LogP contribution in [0.15, 0.2) is 22.7 Å². The molecule has 2 N–H and O–H groups in total. The number of rotatable bonds is 5. The van der Waals surface area contributed by atoms with Gasteiger partial charge in [-0.1, -0.05) is 22.0 Å². The number of ether oxygens (including phenoxy) is 1. The summed E-state index contributed by atoms with van der Waals surface area (Å²) < 4.78 is 6.24. The summed E-state index contributed by atoms with van der Waals surface area (Å²) in [7, 11) is 0. The maximum absolute atomic E-state index is 12.7. The second kappa shape index (κ2) is 6.93. The molecular weight excluding hydrogens is 376 g/mol. The van der Waals surface area contributed by atoms with Crippen molar-refractivity contribution in [2.75, 3.05) is 0 Å². The third-order valence-electron chi connectivity index (χ3n) is 3.66. The molecule has 1 atom stereocenters. The zero-order valence-corrected chi connectivity index (χ0v) is 15.6. The van der Waals surface area contributed by atoms with Crippen molar-refractivity contribution in [3.63, 3.8) is 0 Å². The summed E-state index contributed by atoms with van der Waals surface area (Å²) in [6.07, 6.45) is 0.146. The van der Waals surface area contributed by atoms with Gasteiger partial charge >= 0.3 is 5.97 Å². The van der Waals surface area contributed by atoms with Crippen molar-refractivity contribution in [2.24, 2.45) is 5.73 Å². The standard InChI is InChI=1S/C17H21BrN2O4/c1-17(2,3)24-16(23)13(7-8-14(19)21)20-9-11-10(15(20)22)5-4-6-12(11)18/h4-6,13H,7-9H2,1-3H3,(H2,19,21). The molecule has 0 fully saturated rings.